The molecule has 0 radical (unpaired) electrons. The maximum atomic E-state index is 9.30. The summed E-state index contributed by atoms with van der Waals surface area (Å²) in [6.07, 6.45) is 0.916. The average Bonchev–Trinajstić information content (AvgIpc) is 2.66. The van der Waals surface area contributed by atoms with E-state index in [1.54, 1.807) is 13.1 Å². The summed E-state index contributed by atoms with van der Waals surface area (Å²) >= 11 is 3.38. The van der Waals surface area contributed by atoms with Crippen LogP contribution in [0.2, 0.25) is 0 Å². The van der Waals surface area contributed by atoms with Gasteiger partial charge in [0, 0.05) is 10.0 Å². The Morgan fingerprint density at radius 1 is 1.47 bits per heavy atom. The SMILES string of the molecule is CC(O)c1cnc(-c2cccc(Br)c2)o1. The highest BCUT2D eigenvalue weighted by Crippen LogP contribution is 2.24. The van der Waals surface area contributed by atoms with Gasteiger partial charge in [0.1, 0.15) is 6.10 Å². The summed E-state index contributed by atoms with van der Waals surface area (Å²) in [5.74, 6) is 0.997. The van der Waals surface area contributed by atoms with Crippen molar-refractivity contribution in [3.05, 3.63) is 40.7 Å². The molecule has 0 saturated heterocycles. The molecule has 2 aromatic rings. The summed E-state index contributed by atoms with van der Waals surface area (Å²) in [7, 11) is 0. The molecule has 0 aliphatic heterocycles. The van der Waals surface area contributed by atoms with E-state index in [4.69, 9.17) is 4.42 Å². The zero-order chi connectivity index (χ0) is 10.8. The van der Waals surface area contributed by atoms with Crippen molar-refractivity contribution in [3.63, 3.8) is 0 Å². The Balaban J connectivity index is 2.37. The second-order valence-electron chi connectivity index (χ2n) is 3.25. The lowest BCUT2D eigenvalue weighted by atomic mass is 10.2. The number of hydrogen-bond donors (Lipinski definition) is 1. The number of aliphatic hydroxyl groups is 1. The fraction of sp³-hybridized carbons (Fsp3) is 0.182. The minimum absolute atomic E-state index is 0.477. The van der Waals surface area contributed by atoms with E-state index in [1.807, 2.05) is 24.3 Å². The van der Waals surface area contributed by atoms with Crippen molar-refractivity contribution in [2.24, 2.45) is 0 Å². The Labute approximate surface area is 95.9 Å². The molecule has 78 valence electrons. The Kier molecular flexibility index (Phi) is 2.88. The Morgan fingerprint density at radius 2 is 2.27 bits per heavy atom. The molecule has 1 atom stereocenters. The lowest BCUT2D eigenvalue weighted by Crippen LogP contribution is -1.85. The van der Waals surface area contributed by atoms with Crippen molar-refractivity contribution >= 4 is 15.9 Å². The second-order valence-corrected chi connectivity index (χ2v) is 4.17. The molecule has 1 N–H and O–H groups in total. The van der Waals surface area contributed by atoms with E-state index in [9.17, 15) is 5.11 Å². The molecule has 1 heterocycles. The van der Waals surface area contributed by atoms with Crippen molar-refractivity contribution < 1.29 is 9.52 Å². The molecule has 4 heteroatoms. The first-order valence-electron chi connectivity index (χ1n) is 4.56. The van der Waals surface area contributed by atoms with Crippen molar-refractivity contribution in [1.29, 1.82) is 0 Å². The lowest BCUT2D eigenvalue weighted by molar-refractivity contribution is 0.170. The van der Waals surface area contributed by atoms with Crippen LogP contribution in [0.3, 0.4) is 0 Å². The van der Waals surface area contributed by atoms with Crippen LogP contribution in [0.15, 0.2) is 39.4 Å². The van der Waals surface area contributed by atoms with E-state index < -0.39 is 6.10 Å². The molecule has 0 fully saturated rings. The van der Waals surface area contributed by atoms with Gasteiger partial charge in [-0.1, -0.05) is 22.0 Å². The first-order valence-corrected chi connectivity index (χ1v) is 5.36. The van der Waals surface area contributed by atoms with Gasteiger partial charge in [0.15, 0.2) is 5.76 Å². The third-order valence-electron chi connectivity index (χ3n) is 2.01. The third kappa shape index (κ3) is 2.27. The van der Waals surface area contributed by atoms with Gasteiger partial charge >= 0.3 is 0 Å². The van der Waals surface area contributed by atoms with E-state index in [1.165, 1.54) is 0 Å². The van der Waals surface area contributed by atoms with E-state index >= 15 is 0 Å². The maximum absolute atomic E-state index is 9.30. The van der Waals surface area contributed by atoms with Gasteiger partial charge in [-0.15, -0.1) is 0 Å². The molecule has 0 aliphatic carbocycles. The molecule has 15 heavy (non-hydrogen) atoms. The van der Waals surface area contributed by atoms with Gasteiger partial charge in [-0.2, -0.15) is 0 Å². The van der Waals surface area contributed by atoms with Gasteiger partial charge in [0.25, 0.3) is 0 Å². The highest BCUT2D eigenvalue weighted by Gasteiger charge is 2.10. The third-order valence-corrected chi connectivity index (χ3v) is 2.50. The standard InChI is InChI=1S/C11H10BrNO2/c1-7(14)10-6-13-11(15-10)8-3-2-4-9(12)5-8/h2-7,14H,1H3. The number of aliphatic hydroxyl groups excluding tert-OH is 1. The van der Waals surface area contributed by atoms with Crippen LogP contribution < -0.4 is 0 Å². The molecule has 3 nitrogen and oxygen atoms in total. The van der Waals surface area contributed by atoms with Crippen molar-refractivity contribution in [3.8, 4) is 11.5 Å². The van der Waals surface area contributed by atoms with Gasteiger partial charge in [0.05, 0.1) is 6.20 Å². The smallest absolute Gasteiger partial charge is 0.226 e. The fourth-order valence-electron chi connectivity index (χ4n) is 1.23. The minimum atomic E-state index is -0.626. The summed E-state index contributed by atoms with van der Waals surface area (Å²) < 4.78 is 6.37. The lowest BCUT2D eigenvalue weighted by Gasteiger charge is -1.98. The molecule has 1 unspecified atom stereocenters. The van der Waals surface area contributed by atoms with Crippen LogP contribution in [-0.2, 0) is 0 Å². The molecular formula is C11H10BrNO2. The monoisotopic (exact) mass is 267 g/mol. The Morgan fingerprint density at radius 3 is 2.87 bits per heavy atom. The van der Waals surface area contributed by atoms with E-state index in [-0.39, 0.29) is 0 Å². The quantitative estimate of drug-likeness (QED) is 0.909. The van der Waals surface area contributed by atoms with Gasteiger partial charge in [-0.05, 0) is 25.1 Å². The molecule has 1 aromatic heterocycles. The van der Waals surface area contributed by atoms with Gasteiger partial charge in [-0.25, -0.2) is 4.98 Å². The second kappa shape index (κ2) is 4.16. The molecule has 0 amide bonds. The van der Waals surface area contributed by atoms with Crippen LogP contribution >= 0.6 is 15.9 Å². The van der Waals surface area contributed by atoms with E-state index in [0.29, 0.717) is 11.7 Å². The highest BCUT2D eigenvalue weighted by molar-refractivity contribution is 9.10. The zero-order valence-corrected chi connectivity index (χ0v) is 9.73. The number of oxazole rings is 1. The summed E-state index contributed by atoms with van der Waals surface area (Å²) in [4.78, 5) is 4.10. The number of halogens is 1. The number of benzene rings is 1. The molecular weight excluding hydrogens is 258 g/mol. The maximum Gasteiger partial charge on any atom is 0.226 e. The van der Waals surface area contributed by atoms with Crippen molar-refractivity contribution in [2.45, 2.75) is 13.0 Å². The predicted octanol–water partition coefficient (Wildman–Crippen LogP) is 3.16. The minimum Gasteiger partial charge on any atom is -0.438 e. The molecule has 1 aromatic carbocycles. The van der Waals surface area contributed by atoms with Gasteiger partial charge < -0.3 is 9.52 Å². The first kappa shape index (κ1) is 10.4. The largest absolute Gasteiger partial charge is 0.438 e. The predicted molar refractivity (Wildman–Crippen MR) is 60.3 cm³/mol. The summed E-state index contributed by atoms with van der Waals surface area (Å²) in [5, 5.41) is 9.30. The van der Waals surface area contributed by atoms with Crippen molar-refractivity contribution in [1.82, 2.24) is 4.98 Å². The van der Waals surface area contributed by atoms with E-state index in [2.05, 4.69) is 20.9 Å². The van der Waals surface area contributed by atoms with Crippen LogP contribution in [0.5, 0.6) is 0 Å². The van der Waals surface area contributed by atoms with Crippen molar-refractivity contribution in [2.75, 3.05) is 0 Å². The fourth-order valence-corrected chi connectivity index (χ4v) is 1.63. The van der Waals surface area contributed by atoms with Gasteiger partial charge in [0.2, 0.25) is 5.89 Å². The Bertz CT molecular complexity index is 465. The molecule has 2 rings (SSSR count). The van der Waals surface area contributed by atoms with Crippen LogP contribution in [0, 0.1) is 0 Å². The van der Waals surface area contributed by atoms with Crippen LogP contribution in [0.1, 0.15) is 18.8 Å². The average molecular weight is 268 g/mol. The highest BCUT2D eigenvalue weighted by atomic mass is 79.9. The molecule has 0 aliphatic rings. The number of hydrogen-bond acceptors (Lipinski definition) is 3. The number of rotatable bonds is 2. The summed E-state index contributed by atoms with van der Waals surface area (Å²) in [6.45, 7) is 1.64. The van der Waals surface area contributed by atoms with E-state index in [0.717, 1.165) is 10.0 Å². The number of aromatic nitrogens is 1. The molecule has 0 bridgehead atoms. The normalized spacial score (nSPS) is 12.7. The van der Waals surface area contributed by atoms with Crippen LogP contribution in [-0.4, -0.2) is 10.1 Å². The summed E-state index contributed by atoms with van der Waals surface area (Å²) in [6, 6.07) is 7.66. The van der Waals surface area contributed by atoms with Crippen LogP contribution in [0.25, 0.3) is 11.5 Å². The topological polar surface area (TPSA) is 46.3 Å². The first-order chi connectivity index (χ1) is 7.16. The molecule has 0 saturated carbocycles. The van der Waals surface area contributed by atoms with Crippen LogP contribution in [0.4, 0.5) is 0 Å². The summed E-state index contributed by atoms with van der Waals surface area (Å²) in [5.41, 5.74) is 0.885. The molecule has 0 spiro atoms. The van der Waals surface area contributed by atoms with Gasteiger partial charge in [-0.3, -0.25) is 0 Å². The Hall–Kier alpha value is -1.13. The number of nitrogens with zero attached hydrogens (tertiary/aromatic N) is 1. The zero-order valence-electron chi connectivity index (χ0n) is 8.14.